The van der Waals surface area contributed by atoms with Crippen molar-refractivity contribution in [2.24, 2.45) is 0 Å². The Balaban J connectivity index is 2.08. The average molecular weight is 168 g/mol. The van der Waals surface area contributed by atoms with Crippen LogP contribution in [0.25, 0.3) is 0 Å². The molecule has 1 saturated heterocycles. The van der Waals surface area contributed by atoms with Gasteiger partial charge in [-0.15, -0.1) is 0 Å². The van der Waals surface area contributed by atoms with E-state index in [0.29, 0.717) is 0 Å². The van der Waals surface area contributed by atoms with Crippen LogP contribution in [0.15, 0.2) is 12.4 Å². The maximum Gasteiger partial charge on any atom is 0.153 e. The second-order valence-electron chi connectivity index (χ2n) is 3.00. The zero-order valence-corrected chi connectivity index (χ0v) is 6.81. The number of hydrogen-bond donors (Lipinski definition) is 1. The summed E-state index contributed by atoms with van der Waals surface area (Å²) >= 11 is 0. The zero-order valence-electron chi connectivity index (χ0n) is 6.81. The van der Waals surface area contributed by atoms with Crippen molar-refractivity contribution in [3.05, 3.63) is 12.4 Å². The summed E-state index contributed by atoms with van der Waals surface area (Å²) in [6, 6.07) is 0. The molecule has 0 amide bonds. The van der Waals surface area contributed by atoms with E-state index in [1.165, 1.54) is 12.6 Å². The third kappa shape index (κ3) is 1.43. The van der Waals surface area contributed by atoms with Crippen molar-refractivity contribution in [1.29, 1.82) is 0 Å². The average Bonchev–Trinajstić information content (AvgIpc) is 2.54. The van der Waals surface area contributed by atoms with E-state index < -0.39 is 0 Å². The highest BCUT2D eigenvalue weighted by molar-refractivity contribution is 5.08. The van der Waals surface area contributed by atoms with E-state index in [1.54, 1.807) is 10.9 Å². The molecule has 0 aliphatic carbocycles. The van der Waals surface area contributed by atoms with E-state index in [0.717, 1.165) is 19.4 Å². The Hall–Kier alpha value is -1.03. The Morgan fingerprint density at radius 3 is 3.08 bits per heavy atom. The van der Waals surface area contributed by atoms with E-state index in [9.17, 15) is 0 Å². The van der Waals surface area contributed by atoms with Gasteiger partial charge in [0.05, 0.1) is 12.4 Å². The van der Waals surface area contributed by atoms with Crippen LogP contribution in [0.2, 0.25) is 0 Å². The standard InChI is InChI=1S/C8H12N2O2/c11-7-5-9-10(6-7)8-3-1-2-4-12-8/h5-6,8,11H,1-4H2. The number of aromatic hydroxyl groups is 1. The molecule has 2 rings (SSSR count). The first-order valence-corrected chi connectivity index (χ1v) is 4.21. The number of aromatic nitrogens is 2. The molecule has 0 aromatic carbocycles. The zero-order chi connectivity index (χ0) is 8.39. The third-order valence-electron chi connectivity index (χ3n) is 2.04. The Kier molecular flexibility index (Phi) is 1.99. The molecule has 1 N–H and O–H groups in total. The van der Waals surface area contributed by atoms with Crippen LogP contribution in [0.5, 0.6) is 5.75 Å². The lowest BCUT2D eigenvalue weighted by Crippen LogP contribution is -2.18. The van der Waals surface area contributed by atoms with Gasteiger partial charge in [-0.05, 0) is 19.3 Å². The summed E-state index contributed by atoms with van der Waals surface area (Å²) in [5.41, 5.74) is 0. The largest absolute Gasteiger partial charge is 0.505 e. The molecule has 1 atom stereocenters. The van der Waals surface area contributed by atoms with E-state index in [1.807, 2.05) is 0 Å². The van der Waals surface area contributed by atoms with Crippen molar-refractivity contribution in [2.45, 2.75) is 25.5 Å². The lowest BCUT2D eigenvalue weighted by Gasteiger charge is -2.22. The molecule has 12 heavy (non-hydrogen) atoms. The van der Waals surface area contributed by atoms with E-state index >= 15 is 0 Å². The highest BCUT2D eigenvalue weighted by Crippen LogP contribution is 2.22. The molecule has 1 aromatic heterocycles. The second-order valence-corrected chi connectivity index (χ2v) is 3.00. The fourth-order valence-electron chi connectivity index (χ4n) is 1.42. The first-order chi connectivity index (χ1) is 5.86. The summed E-state index contributed by atoms with van der Waals surface area (Å²) in [5, 5.41) is 13.0. The fraction of sp³-hybridized carbons (Fsp3) is 0.625. The van der Waals surface area contributed by atoms with Crippen LogP contribution in [0.1, 0.15) is 25.5 Å². The molecule has 0 saturated carbocycles. The van der Waals surface area contributed by atoms with Gasteiger partial charge in [-0.25, -0.2) is 4.68 Å². The Labute approximate surface area is 70.8 Å². The van der Waals surface area contributed by atoms with E-state index in [-0.39, 0.29) is 12.0 Å². The molecule has 1 aliphatic rings. The highest BCUT2D eigenvalue weighted by atomic mass is 16.5. The van der Waals surface area contributed by atoms with Gasteiger partial charge in [0, 0.05) is 6.61 Å². The van der Waals surface area contributed by atoms with Gasteiger partial charge in [0.15, 0.2) is 5.75 Å². The van der Waals surface area contributed by atoms with E-state index in [4.69, 9.17) is 9.84 Å². The van der Waals surface area contributed by atoms with E-state index in [2.05, 4.69) is 5.10 Å². The Bertz CT molecular complexity index is 253. The summed E-state index contributed by atoms with van der Waals surface area (Å²) in [5.74, 6) is 0.198. The quantitative estimate of drug-likeness (QED) is 0.687. The Morgan fingerprint density at radius 2 is 2.50 bits per heavy atom. The van der Waals surface area contributed by atoms with Crippen molar-refractivity contribution in [2.75, 3.05) is 6.61 Å². The highest BCUT2D eigenvalue weighted by Gasteiger charge is 2.15. The Morgan fingerprint density at radius 1 is 1.58 bits per heavy atom. The van der Waals surface area contributed by atoms with Crippen LogP contribution in [0.3, 0.4) is 0 Å². The SMILES string of the molecule is Oc1cnn(C2CCCCO2)c1. The van der Waals surface area contributed by atoms with Crippen LogP contribution in [0, 0.1) is 0 Å². The number of hydrogen-bond acceptors (Lipinski definition) is 3. The molecular formula is C8H12N2O2. The molecule has 2 heterocycles. The smallest absolute Gasteiger partial charge is 0.153 e. The van der Waals surface area contributed by atoms with Crippen molar-refractivity contribution in [3.63, 3.8) is 0 Å². The molecule has 4 nitrogen and oxygen atoms in total. The van der Waals surface area contributed by atoms with Crippen LogP contribution in [-0.4, -0.2) is 21.5 Å². The van der Waals surface area contributed by atoms with Crippen molar-refractivity contribution in [3.8, 4) is 5.75 Å². The molecule has 0 spiro atoms. The molecule has 1 fully saturated rings. The van der Waals surface area contributed by atoms with Gasteiger partial charge in [0.2, 0.25) is 0 Å². The van der Waals surface area contributed by atoms with Gasteiger partial charge in [0.25, 0.3) is 0 Å². The first kappa shape index (κ1) is 7.61. The maximum atomic E-state index is 9.04. The predicted molar refractivity (Wildman–Crippen MR) is 42.7 cm³/mol. The van der Waals surface area contributed by atoms with Crippen molar-refractivity contribution in [1.82, 2.24) is 9.78 Å². The minimum absolute atomic E-state index is 0.0275. The van der Waals surface area contributed by atoms with Crippen LogP contribution >= 0.6 is 0 Å². The predicted octanol–water partition coefficient (Wildman–Crippen LogP) is 1.29. The molecule has 1 unspecified atom stereocenters. The van der Waals surface area contributed by atoms with Gasteiger partial charge >= 0.3 is 0 Å². The number of rotatable bonds is 1. The van der Waals surface area contributed by atoms with Gasteiger partial charge in [-0.1, -0.05) is 0 Å². The minimum Gasteiger partial charge on any atom is -0.505 e. The summed E-state index contributed by atoms with van der Waals surface area (Å²) in [6.07, 6.45) is 6.34. The molecule has 1 aromatic rings. The summed E-state index contributed by atoms with van der Waals surface area (Å²) in [6.45, 7) is 0.797. The first-order valence-electron chi connectivity index (χ1n) is 4.21. The van der Waals surface area contributed by atoms with Crippen LogP contribution in [0.4, 0.5) is 0 Å². The molecule has 66 valence electrons. The summed E-state index contributed by atoms with van der Waals surface area (Å²) in [4.78, 5) is 0. The maximum absolute atomic E-state index is 9.04. The topological polar surface area (TPSA) is 47.3 Å². The number of ether oxygens (including phenoxy) is 1. The van der Waals surface area contributed by atoms with Gasteiger partial charge in [0.1, 0.15) is 6.23 Å². The van der Waals surface area contributed by atoms with Crippen LogP contribution in [-0.2, 0) is 4.74 Å². The summed E-state index contributed by atoms with van der Waals surface area (Å²) in [7, 11) is 0. The minimum atomic E-state index is 0.0275. The third-order valence-corrected chi connectivity index (χ3v) is 2.04. The monoisotopic (exact) mass is 168 g/mol. The van der Waals surface area contributed by atoms with Gasteiger partial charge < -0.3 is 9.84 Å². The fourth-order valence-corrected chi connectivity index (χ4v) is 1.42. The van der Waals surface area contributed by atoms with Crippen molar-refractivity contribution >= 4 is 0 Å². The lowest BCUT2D eigenvalue weighted by molar-refractivity contribution is -0.0395. The lowest BCUT2D eigenvalue weighted by atomic mass is 10.2. The molecular weight excluding hydrogens is 156 g/mol. The summed E-state index contributed by atoms with van der Waals surface area (Å²) < 4.78 is 7.14. The van der Waals surface area contributed by atoms with Gasteiger partial charge in [-0.2, -0.15) is 5.10 Å². The van der Waals surface area contributed by atoms with Crippen LogP contribution < -0.4 is 0 Å². The normalized spacial score (nSPS) is 24.2. The molecule has 4 heteroatoms. The number of nitrogens with zero attached hydrogens (tertiary/aromatic N) is 2. The molecule has 1 aliphatic heterocycles. The molecule has 0 bridgehead atoms. The molecule has 0 radical (unpaired) electrons. The van der Waals surface area contributed by atoms with Gasteiger partial charge in [-0.3, -0.25) is 0 Å². The second kappa shape index (κ2) is 3.15. The van der Waals surface area contributed by atoms with Crippen molar-refractivity contribution < 1.29 is 9.84 Å².